The molecule has 0 atom stereocenters. The van der Waals surface area contributed by atoms with E-state index in [1.807, 2.05) is 204 Å². The second-order valence-electron chi connectivity index (χ2n) is 32.7. The van der Waals surface area contributed by atoms with Gasteiger partial charge in [0.15, 0.2) is 11.6 Å². The summed E-state index contributed by atoms with van der Waals surface area (Å²) in [7, 11) is 6.73. The van der Waals surface area contributed by atoms with Gasteiger partial charge in [-0.15, -0.1) is 0 Å². The van der Waals surface area contributed by atoms with Crippen molar-refractivity contribution in [2.24, 2.45) is 7.05 Å². The summed E-state index contributed by atoms with van der Waals surface area (Å²) in [5.41, 5.74) is 23.0. The third kappa shape index (κ3) is 16.4. The Hall–Kier alpha value is -17.4. The third-order valence-corrected chi connectivity index (χ3v) is 23.8. The fourth-order valence-corrected chi connectivity index (χ4v) is 17.5. The van der Waals surface area contributed by atoms with Gasteiger partial charge in [-0.25, -0.2) is 53.9 Å². The number of carbonyl (C=O) groups is 4. The van der Waals surface area contributed by atoms with Crippen LogP contribution in [0.2, 0.25) is 0 Å². The van der Waals surface area contributed by atoms with Crippen LogP contribution in [0.25, 0.3) is 156 Å². The minimum Gasteiger partial charge on any atom is -0.388 e. The van der Waals surface area contributed by atoms with E-state index in [-0.39, 0.29) is 64.5 Å². The zero-order chi connectivity index (χ0) is 92.1. The summed E-state index contributed by atoms with van der Waals surface area (Å²) < 4.78 is 12.0. The molecule has 0 spiro atoms. The number of imidazole rings is 11. The average Bonchev–Trinajstić information content (AvgIpc) is 1.62. The van der Waals surface area contributed by atoms with Crippen molar-refractivity contribution in [1.29, 1.82) is 0 Å². The van der Waals surface area contributed by atoms with Crippen LogP contribution in [0.15, 0.2) is 243 Å². The van der Waals surface area contributed by atoms with Gasteiger partial charge in [0.2, 0.25) is 0 Å². The first-order valence-electron chi connectivity index (χ1n) is 43.4. The number of aromatic nitrogens is 22. The van der Waals surface area contributed by atoms with Crippen LogP contribution < -0.4 is 44.4 Å². The molecule has 21 aromatic rings. The highest BCUT2D eigenvalue weighted by Crippen LogP contribution is 2.39. The minimum absolute atomic E-state index is 0.0842. The number of aryl methyl sites for hydroxylation is 1. The molecule has 14 N–H and O–H groups in total. The lowest BCUT2D eigenvalue weighted by Crippen LogP contribution is -2.17. The number of fused-ring (bicyclic) bond motifs is 10. The summed E-state index contributed by atoms with van der Waals surface area (Å²) in [6, 6.07) is 58.5. The van der Waals surface area contributed by atoms with Crippen molar-refractivity contribution in [3.05, 3.63) is 317 Å². The number of nitrogens with zero attached hydrogens (tertiary/aromatic N) is 12. The zero-order valence-corrected chi connectivity index (χ0v) is 73.1. The molecule has 0 saturated heterocycles. The number of hydrogen-bond donors (Lipinski definition) is 14. The number of para-hydroxylation sites is 3. The number of nitrogens with one attached hydrogen (secondary N) is 13. The molecule has 2 aliphatic carbocycles. The number of carbonyl (C=O) groups excluding carboxylic acids is 4. The molecule has 0 bridgehead atoms. The number of benzene rings is 10. The number of aliphatic hydroxyl groups is 1. The first-order valence-corrected chi connectivity index (χ1v) is 43.4. The molecule has 133 heavy (non-hydrogen) atoms. The predicted molar refractivity (Wildman–Crippen MR) is 512 cm³/mol. The molecule has 23 rings (SSSR count). The zero-order valence-electron chi connectivity index (χ0n) is 73.1. The number of allylic oxidation sites excluding steroid dienone is 4. The number of aliphatic hydroxyl groups excluding tert-OH is 1. The second-order valence-corrected chi connectivity index (χ2v) is 32.7. The molecule has 0 aliphatic heterocycles. The minimum atomic E-state index is -0.257. The lowest BCUT2D eigenvalue weighted by Gasteiger charge is -2.22. The molecule has 0 radical (unpaired) electrons. The molecule has 11 aromatic heterocycles. The van der Waals surface area contributed by atoms with Gasteiger partial charge >= 0.3 is 28.4 Å². The van der Waals surface area contributed by atoms with Gasteiger partial charge in [0, 0.05) is 109 Å². The second kappa shape index (κ2) is 35.3. The molecule has 1 saturated carbocycles. The summed E-state index contributed by atoms with van der Waals surface area (Å²) >= 11 is 0. The molecule has 35 nitrogen and oxygen atoms in total. The highest BCUT2D eigenvalue weighted by molar-refractivity contribution is 6.07. The van der Waals surface area contributed by atoms with E-state index in [9.17, 15) is 48.3 Å². The van der Waals surface area contributed by atoms with E-state index in [1.165, 1.54) is 19.3 Å². The normalized spacial score (nSPS) is 12.7. The maximum atomic E-state index is 12.3. The van der Waals surface area contributed by atoms with E-state index in [1.54, 1.807) is 51.7 Å². The summed E-state index contributed by atoms with van der Waals surface area (Å²) in [4.78, 5) is 162. The monoisotopic (exact) mass is 1780 g/mol. The number of Topliss-reactive ketones (excluding diaryl/α,β-unsaturated/α-hetero) is 1. The van der Waals surface area contributed by atoms with Crippen molar-refractivity contribution < 1.29 is 24.3 Å². The lowest BCUT2D eigenvalue weighted by molar-refractivity contribution is 0.0955. The summed E-state index contributed by atoms with van der Waals surface area (Å²) in [6.45, 7) is 5.86. The van der Waals surface area contributed by atoms with Crippen molar-refractivity contribution in [1.82, 2.24) is 123 Å². The number of hydrogen-bond acceptors (Lipinski definition) is 16. The van der Waals surface area contributed by atoms with E-state index in [0.717, 1.165) is 170 Å². The van der Waals surface area contributed by atoms with E-state index >= 15 is 0 Å². The summed E-state index contributed by atoms with van der Waals surface area (Å²) in [6.07, 6.45) is 17.1. The van der Waals surface area contributed by atoms with Crippen LogP contribution in [0.1, 0.15) is 142 Å². The topological polar surface area (TPSA) is 475 Å². The Morgan fingerprint density at radius 3 is 1.30 bits per heavy atom. The van der Waals surface area contributed by atoms with Gasteiger partial charge in [0.05, 0.1) is 117 Å². The van der Waals surface area contributed by atoms with Gasteiger partial charge in [-0.2, -0.15) is 0 Å². The fourth-order valence-electron chi connectivity index (χ4n) is 17.5. The molecule has 11 heterocycles. The van der Waals surface area contributed by atoms with Crippen LogP contribution in [-0.4, -0.2) is 157 Å². The Labute approximate surface area is 751 Å². The summed E-state index contributed by atoms with van der Waals surface area (Å²) in [5, 5.41) is 17.5. The first kappa shape index (κ1) is 85.1. The smallest absolute Gasteiger partial charge is 0.323 e. The predicted octanol–water partition coefficient (Wildman–Crippen LogP) is 14.1. The maximum Gasteiger partial charge on any atom is 0.323 e. The van der Waals surface area contributed by atoms with Gasteiger partial charge in [-0.1, -0.05) is 76.5 Å². The molecule has 35 heteroatoms. The third-order valence-electron chi connectivity index (χ3n) is 23.8. The summed E-state index contributed by atoms with van der Waals surface area (Å²) in [5.74, 6) is 4.13. The SMILES string of the molecule is CCC(=O)c1cccc2c1nc(C(C)C)n2-c1ccc2[nH]c(=O)[nH]c2c1.CNC(=O)c1ccc2c(c1)nc(-c1cn(C)cn1)n2-c1ccc2[nH]c(=O)[nH]c2c1.CNC(=O)c1ccc2c(c1)nc(C1=CCC=C1)n2-c1ccc2[nH]c(=O)[nH]c2c1.CNC(=O)c1ccc2c(c1)nc(C1CCCCC1)n2-c1ccc2[nH]c(=O)[nH]c2c1.O=c1[nH]c2ccc(-n3c(CO)nc4ccccc43)cc2[nH]1. The molecule has 0 unspecified atom stereocenters. The Kier molecular flexibility index (Phi) is 22.6. The number of H-pyrrole nitrogens is 10. The van der Waals surface area contributed by atoms with Crippen LogP contribution in [0.4, 0.5) is 0 Å². The van der Waals surface area contributed by atoms with E-state index in [2.05, 4.69) is 115 Å². The van der Waals surface area contributed by atoms with Gasteiger partial charge in [0.25, 0.3) is 17.7 Å². The van der Waals surface area contributed by atoms with Gasteiger partial charge in [-0.3, -0.25) is 42.0 Å². The van der Waals surface area contributed by atoms with E-state index in [4.69, 9.17) is 19.9 Å². The van der Waals surface area contributed by atoms with Crippen LogP contribution in [-0.2, 0) is 13.7 Å². The highest BCUT2D eigenvalue weighted by Gasteiger charge is 2.28. The first-order chi connectivity index (χ1) is 64.5. The van der Waals surface area contributed by atoms with Crippen LogP contribution in [0.5, 0.6) is 0 Å². The molecule has 666 valence electrons. The van der Waals surface area contributed by atoms with E-state index in [0.29, 0.717) is 63.0 Å². The van der Waals surface area contributed by atoms with Crippen LogP contribution >= 0.6 is 0 Å². The Bertz CT molecular complexity index is 8590. The molecule has 2 aliphatic rings. The van der Waals surface area contributed by atoms with E-state index < -0.39 is 0 Å². The Balaban J connectivity index is 0.000000108. The van der Waals surface area contributed by atoms with Crippen molar-refractivity contribution >= 4 is 139 Å². The van der Waals surface area contributed by atoms with Crippen molar-refractivity contribution in [2.75, 3.05) is 21.1 Å². The average molecular weight is 1780 g/mol. The number of aromatic amines is 10. The molecule has 10 aromatic carbocycles. The standard InChI is InChI=1S/C22H23N5O2.C21H17N5O2.C20H17N7O2.C20H20N4O2.C15H12N4O2/c1-23-21(28)14-7-10-19-18(11-14)24-20(13-5-3-2-4-6-13)27(19)15-8-9-16-17(12-15)26-22(29)25-16;1-22-20(27)13-6-9-18-17(10-13)23-19(12-4-2-3-5-12)26(18)14-7-8-15-16(11-14)25-21(28)24-15;1-21-19(28)11-3-6-17-15(7-11)23-18(16-9-26(2)10-22-16)27(17)12-4-5-13-14(8-12)25-20(29)24-13;1-4-17(25)13-6-5-7-16-18(13)23-19(11(2)3)24(16)12-8-9-14-15(10-12)22-20(26)21-14;20-8-14-16-11-3-1-2-4-13(11)19(14)9-5-6-10-12(7-9)18-15(21)17-10/h7-13H,2-6H2,1H3,(H,23,28)(H2,25,26,29);2,4-11H,3H2,1H3,(H,22,27)(H2,24,25,28);3-10H,1-2H3,(H,21,28)(H2,24,25,29);5-11H,4H2,1-3H3,(H2,21,22,26);1-7,20H,8H2,(H2,17,18,21). The van der Waals surface area contributed by atoms with Crippen molar-refractivity contribution in [3.63, 3.8) is 0 Å². The van der Waals surface area contributed by atoms with Gasteiger partial charge in [-0.05, 0) is 189 Å². The van der Waals surface area contributed by atoms with Gasteiger partial charge in [0.1, 0.15) is 35.6 Å². The van der Waals surface area contributed by atoms with Crippen molar-refractivity contribution in [3.8, 4) is 40.0 Å². The van der Waals surface area contributed by atoms with Crippen molar-refractivity contribution in [2.45, 2.75) is 84.2 Å². The lowest BCUT2D eigenvalue weighted by atomic mass is 9.88. The molecular weight excluding hydrogens is 1690 g/mol. The fraction of sp³-hybridized carbons (Fsp3) is 0.173. The largest absolute Gasteiger partial charge is 0.388 e. The number of amides is 3. The Morgan fingerprint density at radius 1 is 0.436 bits per heavy atom. The maximum absolute atomic E-state index is 12.3. The highest BCUT2D eigenvalue weighted by atomic mass is 16.3. The van der Waals surface area contributed by atoms with Gasteiger partial charge < -0.3 is 75.5 Å². The Morgan fingerprint density at radius 2 is 0.857 bits per heavy atom. The number of rotatable bonds is 15. The molecular formula is C98H89N25O10. The van der Waals surface area contributed by atoms with Crippen LogP contribution in [0, 0.1) is 0 Å². The number of ketones is 1. The molecule has 3 amide bonds. The van der Waals surface area contributed by atoms with Crippen LogP contribution in [0.3, 0.4) is 0 Å². The quantitative estimate of drug-likeness (QED) is 0.0424. The molecule has 1 fully saturated rings.